The fourth-order valence-corrected chi connectivity index (χ4v) is 1.92. The van der Waals surface area contributed by atoms with Crippen molar-refractivity contribution in [3.05, 3.63) is 50.7 Å². The number of aromatic nitrogens is 2. The minimum absolute atomic E-state index is 0.0683. The molecule has 0 radical (unpaired) electrons. The molecule has 0 spiro atoms. The first-order valence-electron chi connectivity index (χ1n) is 5.61. The molecule has 20 heavy (non-hydrogen) atoms. The standard InChI is InChI=1S/C12H10ClFN4O2/c1-6-8(14)4-3-5-9(6)16-11-10(18(19)20)7(2)15-12(13)17-11/h3-5H,1-2H3,(H,15,16,17). The number of nitro groups is 1. The molecule has 0 saturated heterocycles. The molecule has 1 aromatic carbocycles. The number of benzene rings is 1. The molecule has 0 fully saturated rings. The van der Waals surface area contributed by atoms with E-state index >= 15 is 0 Å². The number of aryl methyl sites for hydroxylation is 1. The lowest BCUT2D eigenvalue weighted by Crippen LogP contribution is -2.05. The Balaban J connectivity index is 2.53. The molecular weight excluding hydrogens is 287 g/mol. The van der Waals surface area contributed by atoms with Crippen molar-refractivity contribution < 1.29 is 9.31 Å². The van der Waals surface area contributed by atoms with Gasteiger partial charge in [-0.3, -0.25) is 10.1 Å². The van der Waals surface area contributed by atoms with Gasteiger partial charge in [0.25, 0.3) is 0 Å². The van der Waals surface area contributed by atoms with Gasteiger partial charge in [0.05, 0.1) is 4.92 Å². The Morgan fingerprint density at radius 2 is 2.05 bits per heavy atom. The van der Waals surface area contributed by atoms with Crippen LogP contribution in [0.1, 0.15) is 11.3 Å². The van der Waals surface area contributed by atoms with E-state index in [1.54, 1.807) is 13.0 Å². The van der Waals surface area contributed by atoms with E-state index in [1.807, 2.05) is 0 Å². The largest absolute Gasteiger partial charge is 0.334 e. The summed E-state index contributed by atoms with van der Waals surface area (Å²) in [5.41, 5.74) is 0.543. The molecule has 0 amide bonds. The molecule has 104 valence electrons. The average molecular weight is 297 g/mol. The van der Waals surface area contributed by atoms with E-state index in [9.17, 15) is 14.5 Å². The number of nitrogens with one attached hydrogen (secondary N) is 1. The molecule has 1 heterocycles. The summed E-state index contributed by atoms with van der Waals surface area (Å²) in [6.07, 6.45) is 0. The molecule has 0 aliphatic rings. The topological polar surface area (TPSA) is 81.0 Å². The number of hydrogen-bond acceptors (Lipinski definition) is 5. The van der Waals surface area contributed by atoms with Crippen molar-refractivity contribution in [1.82, 2.24) is 9.97 Å². The van der Waals surface area contributed by atoms with Crippen molar-refractivity contribution in [2.24, 2.45) is 0 Å². The van der Waals surface area contributed by atoms with Crippen LogP contribution < -0.4 is 5.32 Å². The van der Waals surface area contributed by atoms with Crippen molar-refractivity contribution in [2.75, 3.05) is 5.32 Å². The Labute approximate surface area is 118 Å². The first-order chi connectivity index (χ1) is 9.40. The molecule has 0 bridgehead atoms. The molecule has 2 aromatic rings. The van der Waals surface area contributed by atoms with E-state index in [0.717, 1.165) is 0 Å². The monoisotopic (exact) mass is 296 g/mol. The van der Waals surface area contributed by atoms with Gasteiger partial charge < -0.3 is 5.32 Å². The van der Waals surface area contributed by atoms with Crippen molar-refractivity contribution in [3.63, 3.8) is 0 Å². The fraction of sp³-hybridized carbons (Fsp3) is 0.167. The van der Waals surface area contributed by atoms with Gasteiger partial charge in [0, 0.05) is 11.3 Å². The zero-order valence-electron chi connectivity index (χ0n) is 10.6. The highest BCUT2D eigenvalue weighted by Gasteiger charge is 2.22. The highest BCUT2D eigenvalue weighted by atomic mass is 35.5. The summed E-state index contributed by atoms with van der Waals surface area (Å²) in [6.45, 7) is 3.01. The predicted octanol–water partition coefficient (Wildman–Crippen LogP) is 3.54. The van der Waals surface area contributed by atoms with Crippen LogP contribution in [0.5, 0.6) is 0 Å². The first kappa shape index (κ1) is 14.1. The molecule has 1 N–H and O–H groups in total. The van der Waals surface area contributed by atoms with Gasteiger partial charge in [-0.2, -0.15) is 4.98 Å². The number of halogens is 2. The van der Waals surface area contributed by atoms with Crippen LogP contribution in [-0.4, -0.2) is 14.9 Å². The lowest BCUT2D eigenvalue weighted by Gasteiger charge is -2.10. The van der Waals surface area contributed by atoms with Crippen molar-refractivity contribution in [2.45, 2.75) is 13.8 Å². The fourth-order valence-electron chi connectivity index (χ4n) is 1.71. The average Bonchev–Trinajstić information content (AvgIpc) is 2.33. The van der Waals surface area contributed by atoms with Crippen LogP contribution in [0.25, 0.3) is 0 Å². The Morgan fingerprint density at radius 3 is 2.70 bits per heavy atom. The molecule has 0 aliphatic carbocycles. The summed E-state index contributed by atoms with van der Waals surface area (Å²) in [5.74, 6) is -0.490. The van der Waals surface area contributed by atoms with Crippen LogP contribution in [0.2, 0.25) is 5.28 Å². The van der Waals surface area contributed by atoms with Gasteiger partial charge in [-0.25, -0.2) is 9.37 Å². The summed E-state index contributed by atoms with van der Waals surface area (Å²) in [6, 6.07) is 4.38. The lowest BCUT2D eigenvalue weighted by molar-refractivity contribution is -0.385. The van der Waals surface area contributed by atoms with Gasteiger partial charge in [-0.15, -0.1) is 0 Å². The summed E-state index contributed by atoms with van der Waals surface area (Å²) < 4.78 is 13.5. The predicted molar refractivity (Wildman–Crippen MR) is 72.9 cm³/mol. The number of anilines is 2. The van der Waals surface area contributed by atoms with Crippen LogP contribution in [0.3, 0.4) is 0 Å². The van der Waals surface area contributed by atoms with Gasteiger partial charge >= 0.3 is 5.69 Å². The third-order valence-corrected chi connectivity index (χ3v) is 2.90. The van der Waals surface area contributed by atoms with Gasteiger partial charge in [-0.05, 0) is 37.6 Å². The summed E-state index contributed by atoms with van der Waals surface area (Å²) in [4.78, 5) is 18.0. The maximum Gasteiger partial charge on any atom is 0.332 e. The molecule has 2 rings (SSSR count). The SMILES string of the molecule is Cc1nc(Cl)nc(Nc2cccc(F)c2C)c1[N+](=O)[O-]. The Hall–Kier alpha value is -2.28. The zero-order chi connectivity index (χ0) is 14.9. The minimum Gasteiger partial charge on any atom is -0.334 e. The smallest absolute Gasteiger partial charge is 0.332 e. The quantitative estimate of drug-likeness (QED) is 0.532. The number of hydrogen-bond donors (Lipinski definition) is 1. The zero-order valence-corrected chi connectivity index (χ0v) is 11.4. The minimum atomic E-state index is -0.609. The highest BCUT2D eigenvalue weighted by molar-refractivity contribution is 6.28. The molecule has 0 aliphatic heterocycles. The summed E-state index contributed by atoms with van der Waals surface area (Å²) in [7, 11) is 0. The lowest BCUT2D eigenvalue weighted by atomic mass is 10.2. The van der Waals surface area contributed by atoms with Crippen molar-refractivity contribution >= 4 is 28.8 Å². The first-order valence-corrected chi connectivity index (χ1v) is 5.98. The second kappa shape index (κ2) is 5.38. The second-order valence-electron chi connectivity index (χ2n) is 4.07. The van der Waals surface area contributed by atoms with E-state index in [1.165, 1.54) is 19.1 Å². The highest BCUT2D eigenvalue weighted by Crippen LogP contribution is 2.30. The summed E-state index contributed by atoms with van der Waals surface area (Å²) >= 11 is 5.71. The Kier molecular flexibility index (Phi) is 3.80. The second-order valence-corrected chi connectivity index (χ2v) is 4.41. The van der Waals surface area contributed by atoms with Crippen molar-refractivity contribution in [1.29, 1.82) is 0 Å². The molecule has 8 heteroatoms. The maximum absolute atomic E-state index is 13.5. The molecule has 0 unspecified atom stereocenters. The van der Waals surface area contributed by atoms with Crippen LogP contribution in [0.15, 0.2) is 18.2 Å². The normalized spacial score (nSPS) is 10.4. The van der Waals surface area contributed by atoms with Gasteiger partial charge in [0.1, 0.15) is 11.5 Å². The number of nitrogens with zero attached hydrogens (tertiary/aromatic N) is 3. The third-order valence-electron chi connectivity index (χ3n) is 2.73. The molecule has 1 aromatic heterocycles. The third kappa shape index (κ3) is 2.67. The van der Waals surface area contributed by atoms with Crippen molar-refractivity contribution in [3.8, 4) is 0 Å². The Bertz CT molecular complexity index is 693. The Morgan fingerprint density at radius 1 is 1.35 bits per heavy atom. The van der Waals surface area contributed by atoms with Crippen LogP contribution in [0, 0.1) is 29.8 Å². The van der Waals surface area contributed by atoms with Crippen LogP contribution in [0.4, 0.5) is 21.6 Å². The van der Waals surface area contributed by atoms with E-state index in [4.69, 9.17) is 11.6 Å². The van der Waals surface area contributed by atoms with Gasteiger partial charge in [0.2, 0.25) is 11.1 Å². The van der Waals surface area contributed by atoms with E-state index < -0.39 is 10.7 Å². The molecule has 0 saturated carbocycles. The molecule has 6 nitrogen and oxygen atoms in total. The van der Waals surface area contributed by atoms with Crippen LogP contribution >= 0.6 is 11.6 Å². The molecule has 0 atom stereocenters. The number of rotatable bonds is 3. The van der Waals surface area contributed by atoms with Gasteiger partial charge in [0.15, 0.2) is 0 Å². The van der Waals surface area contributed by atoms with Crippen LogP contribution in [-0.2, 0) is 0 Å². The maximum atomic E-state index is 13.5. The van der Waals surface area contributed by atoms with E-state index in [0.29, 0.717) is 11.3 Å². The van der Waals surface area contributed by atoms with E-state index in [-0.39, 0.29) is 22.5 Å². The summed E-state index contributed by atoms with van der Waals surface area (Å²) in [5, 5.41) is 13.7. The van der Waals surface area contributed by atoms with E-state index in [2.05, 4.69) is 15.3 Å². The molecular formula is C12H10ClFN4O2. The van der Waals surface area contributed by atoms with Gasteiger partial charge in [-0.1, -0.05) is 6.07 Å².